The molecule has 0 bridgehead atoms. The Balaban J connectivity index is 1.42. The molecule has 11 heteroatoms. The fourth-order valence-electron chi connectivity index (χ4n) is 4.38. The van der Waals surface area contributed by atoms with Gasteiger partial charge < -0.3 is 25.6 Å². The summed E-state index contributed by atoms with van der Waals surface area (Å²) in [5.41, 5.74) is 12.7. The highest BCUT2D eigenvalue weighted by atomic mass is 32.1. The van der Waals surface area contributed by atoms with Crippen molar-refractivity contribution >= 4 is 51.1 Å². The summed E-state index contributed by atoms with van der Waals surface area (Å²) < 4.78 is 2.13. The molecule has 5 rings (SSSR count). The van der Waals surface area contributed by atoms with Gasteiger partial charge in [0.05, 0.1) is 21.4 Å². The Morgan fingerprint density at radius 3 is 2.56 bits per heavy atom. The Hall–Kier alpha value is -4.77. The largest absolute Gasteiger partial charge is 0.465 e. The lowest BCUT2D eigenvalue weighted by Crippen LogP contribution is -2.37. The minimum atomic E-state index is -1.05. The van der Waals surface area contributed by atoms with Crippen molar-refractivity contribution in [1.82, 2.24) is 29.7 Å². The monoisotopic (exact) mass is 541 g/mol. The van der Waals surface area contributed by atoms with Gasteiger partial charge in [-0.2, -0.15) is 0 Å². The topological polar surface area (TPSA) is 139 Å². The number of imidazole rings is 1. The molecule has 0 atom stereocenters. The molecule has 0 aliphatic rings. The molecule has 2 aromatic carbocycles. The maximum atomic E-state index is 11.8. The number of thiazole rings is 1. The number of nitrogens with one attached hydrogen (secondary N) is 1. The maximum absolute atomic E-state index is 11.8. The number of aromatic nitrogens is 4. The van der Waals surface area contributed by atoms with Gasteiger partial charge in [-0.05, 0) is 24.1 Å². The van der Waals surface area contributed by atoms with Crippen LogP contribution in [0.4, 0.5) is 10.6 Å². The summed E-state index contributed by atoms with van der Waals surface area (Å²) in [7, 11) is 0. The van der Waals surface area contributed by atoms with Gasteiger partial charge in [0.1, 0.15) is 5.52 Å². The minimum absolute atomic E-state index is 0.165. The molecule has 3 aromatic heterocycles. The van der Waals surface area contributed by atoms with Crippen LogP contribution in [0.2, 0.25) is 0 Å². The number of carbonyl (C=O) groups excluding carboxylic acids is 1. The zero-order valence-corrected chi connectivity index (χ0v) is 22.1. The summed E-state index contributed by atoms with van der Waals surface area (Å²) in [5, 5.41) is 13.3. The second-order valence-electron chi connectivity index (χ2n) is 9.16. The zero-order valence-electron chi connectivity index (χ0n) is 21.3. The normalized spacial score (nSPS) is 11.1. The van der Waals surface area contributed by atoms with Gasteiger partial charge in [0.25, 0.3) is 0 Å². The van der Waals surface area contributed by atoms with E-state index in [0.29, 0.717) is 23.5 Å². The summed E-state index contributed by atoms with van der Waals surface area (Å²) >= 11 is 1.50. The first kappa shape index (κ1) is 25.9. The van der Waals surface area contributed by atoms with Crippen LogP contribution < -0.4 is 11.1 Å². The van der Waals surface area contributed by atoms with Crippen molar-refractivity contribution in [3.05, 3.63) is 83.5 Å². The third-order valence-corrected chi connectivity index (χ3v) is 7.09. The molecule has 3 heterocycles. The molecule has 0 saturated carbocycles. The van der Waals surface area contributed by atoms with Crippen molar-refractivity contribution < 1.29 is 14.7 Å². The predicted molar refractivity (Wildman–Crippen MR) is 152 cm³/mol. The first-order valence-electron chi connectivity index (χ1n) is 12.2. The van der Waals surface area contributed by atoms with E-state index in [2.05, 4.69) is 26.4 Å². The van der Waals surface area contributed by atoms with Crippen molar-refractivity contribution in [3.63, 3.8) is 0 Å². The Labute approximate surface area is 228 Å². The van der Waals surface area contributed by atoms with E-state index in [1.165, 1.54) is 16.2 Å². The van der Waals surface area contributed by atoms with Gasteiger partial charge in [-0.1, -0.05) is 49.0 Å². The van der Waals surface area contributed by atoms with E-state index in [-0.39, 0.29) is 25.5 Å². The number of benzene rings is 2. The molecule has 0 fully saturated rings. The van der Waals surface area contributed by atoms with E-state index in [1.807, 2.05) is 48.5 Å². The van der Waals surface area contributed by atoms with Gasteiger partial charge in [-0.15, -0.1) is 11.3 Å². The van der Waals surface area contributed by atoms with Gasteiger partial charge in [-0.3, -0.25) is 9.78 Å². The smallest absolute Gasteiger partial charge is 0.407 e. The number of rotatable bonds is 9. The van der Waals surface area contributed by atoms with Crippen molar-refractivity contribution in [3.8, 4) is 10.7 Å². The summed E-state index contributed by atoms with van der Waals surface area (Å²) in [6.45, 7) is 6.28. The number of fused-ring (bicyclic) bond motifs is 3. The van der Waals surface area contributed by atoms with E-state index in [4.69, 9.17) is 10.7 Å². The van der Waals surface area contributed by atoms with E-state index in [0.717, 1.165) is 38.2 Å². The number of hydrogen-bond donors (Lipinski definition) is 3. The third kappa shape index (κ3) is 5.43. The van der Waals surface area contributed by atoms with Crippen LogP contribution in [0.3, 0.4) is 0 Å². The zero-order chi connectivity index (χ0) is 27.5. The third-order valence-electron chi connectivity index (χ3n) is 6.33. The van der Waals surface area contributed by atoms with Crippen LogP contribution in [0.1, 0.15) is 18.1 Å². The van der Waals surface area contributed by atoms with Gasteiger partial charge in [0.2, 0.25) is 5.91 Å². The average molecular weight is 542 g/mol. The van der Waals surface area contributed by atoms with Crippen molar-refractivity contribution in [2.45, 2.75) is 20.0 Å². The van der Waals surface area contributed by atoms with Gasteiger partial charge >= 0.3 is 6.09 Å². The minimum Gasteiger partial charge on any atom is -0.465 e. The van der Waals surface area contributed by atoms with Crippen LogP contribution >= 0.6 is 11.3 Å². The van der Waals surface area contributed by atoms with E-state index < -0.39 is 6.09 Å². The molecule has 4 N–H and O–H groups in total. The molecule has 39 heavy (non-hydrogen) atoms. The summed E-state index contributed by atoms with van der Waals surface area (Å²) in [5.74, 6) is 0.840. The Morgan fingerprint density at radius 2 is 1.87 bits per heavy atom. The Bertz CT molecular complexity index is 1680. The number of amides is 2. The number of carbonyl (C=O) groups is 2. The lowest BCUT2D eigenvalue weighted by molar-refractivity contribution is -0.117. The van der Waals surface area contributed by atoms with E-state index >= 15 is 0 Å². The van der Waals surface area contributed by atoms with Crippen molar-refractivity contribution in [2.75, 3.05) is 18.8 Å². The van der Waals surface area contributed by atoms with Crippen molar-refractivity contribution in [1.29, 1.82) is 0 Å². The fourth-order valence-corrected chi connectivity index (χ4v) is 5.00. The number of carboxylic acid groups (broad SMARTS) is 1. The number of nitrogen functional groups attached to an aromatic ring is 1. The lowest BCUT2D eigenvalue weighted by Gasteiger charge is -2.20. The van der Waals surface area contributed by atoms with Gasteiger partial charge in [-0.25, -0.2) is 14.8 Å². The van der Waals surface area contributed by atoms with E-state index in [1.54, 1.807) is 18.6 Å². The number of anilines is 1. The predicted octanol–water partition coefficient (Wildman–Crippen LogP) is 4.51. The molecular weight excluding hydrogens is 514 g/mol. The van der Waals surface area contributed by atoms with Crippen LogP contribution in [0, 0.1) is 0 Å². The highest BCUT2D eigenvalue weighted by Gasteiger charge is 2.20. The SMILES string of the molecule is C=C(C)C(=O)NCCN(Cc1ccc(Cn2c(-c3cncs3)nc3c(N)nc4ccccc4c32)cc1)C(=O)O. The number of para-hydroxylation sites is 1. The van der Waals surface area contributed by atoms with E-state index in [9.17, 15) is 14.7 Å². The van der Waals surface area contributed by atoms with Crippen LogP contribution in [0.5, 0.6) is 0 Å². The quantitative estimate of drug-likeness (QED) is 0.233. The molecule has 0 saturated heterocycles. The molecule has 2 amide bonds. The van der Waals surface area contributed by atoms with Crippen LogP contribution in [0.25, 0.3) is 32.6 Å². The lowest BCUT2D eigenvalue weighted by atomic mass is 10.1. The highest BCUT2D eigenvalue weighted by molar-refractivity contribution is 7.13. The summed E-state index contributed by atoms with van der Waals surface area (Å²) in [6.07, 6.45) is 0.733. The Kier molecular flexibility index (Phi) is 7.24. The second-order valence-corrected chi connectivity index (χ2v) is 10.0. The van der Waals surface area contributed by atoms with Gasteiger partial charge in [0.15, 0.2) is 11.6 Å². The number of hydrogen-bond acceptors (Lipinski definition) is 7. The average Bonchev–Trinajstić information content (AvgIpc) is 3.58. The molecule has 0 spiro atoms. The molecule has 0 radical (unpaired) electrons. The van der Waals surface area contributed by atoms with Crippen LogP contribution in [-0.2, 0) is 17.9 Å². The molecular formula is C28H27N7O3S. The first-order valence-corrected chi connectivity index (χ1v) is 13.1. The summed E-state index contributed by atoms with van der Waals surface area (Å²) in [6, 6.07) is 15.6. The fraction of sp³-hybridized carbons (Fsp3) is 0.179. The molecule has 0 aliphatic heterocycles. The number of nitrogens with zero attached hydrogens (tertiary/aromatic N) is 5. The summed E-state index contributed by atoms with van der Waals surface area (Å²) in [4.78, 5) is 39.3. The second kappa shape index (κ2) is 10.9. The molecule has 0 aliphatic carbocycles. The van der Waals surface area contributed by atoms with Gasteiger partial charge in [0, 0.05) is 43.3 Å². The maximum Gasteiger partial charge on any atom is 0.407 e. The number of nitrogens with two attached hydrogens (primary N) is 1. The molecule has 10 nitrogen and oxygen atoms in total. The molecule has 198 valence electrons. The standard InChI is InChI=1S/C28H27N7O3S/c1-17(2)27(36)31-11-12-34(28(37)38)14-18-7-9-19(10-8-18)15-35-24-20-5-3-4-6-21(20)32-25(29)23(24)33-26(35)22-13-30-16-39-22/h3-10,13,16H,1,11-12,14-15H2,2H3,(H2,29,32)(H,31,36)(H,37,38). The van der Waals surface area contributed by atoms with Crippen LogP contribution in [-0.4, -0.2) is 54.6 Å². The molecule has 5 aromatic rings. The Morgan fingerprint density at radius 1 is 1.13 bits per heavy atom. The molecule has 0 unspecified atom stereocenters. The first-order chi connectivity index (χ1) is 18.8. The van der Waals surface area contributed by atoms with Crippen molar-refractivity contribution in [2.24, 2.45) is 0 Å². The number of pyridine rings is 1. The van der Waals surface area contributed by atoms with Crippen LogP contribution in [0.15, 0.2) is 72.4 Å². The highest BCUT2D eigenvalue weighted by Crippen LogP contribution is 2.34.